The summed E-state index contributed by atoms with van der Waals surface area (Å²) in [5.74, 6) is -3.27. The number of amides is 1. The number of carbonyl (C=O) groups is 4. The van der Waals surface area contributed by atoms with Gasteiger partial charge in [0.1, 0.15) is 30.3 Å². The van der Waals surface area contributed by atoms with E-state index in [2.05, 4.69) is 5.32 Å². The zero-order chi connectivity index (χ0) is 26.8. The van der Waals surface area contributed by atoms with Crippen molar-refractivity contribution in [3.63, 3.8) is 0 Å². The van der Waals surface area contributed by atoms with Crippen LogP contribution in [-0.2, 0) is 23.9 Å². The van der Waals surface area contributed by atoms with Gasteiger partial charge < -0.3 is 30.1 Å². The topological polar surface area (TPSA) is 159 Å². The summed E-state index contributed by atoms with van der Waals surface area (Å²) in [4.78, 5) is 50.5. The summed E-state index contributed by atoms with van der Waals surface area (Å²) in [5.41, 5.74) is -7.65. The molecule has 1 heterocycles. The molecule has 1 aromatic carbocycles. The number of thioether (sulfide) groups is 1. The summed E-state index contributed by atoms with van der Waals surface area (Å²) in [6, 6.07) is 6.51. The number of carbonyl (C=O) groups excluding carboxylic acids is 4. The van der Waals surface area contributed by atoms with Gasteiger partial charge in [0.2, 0.25) is 3.79 Å². The highest BCUT2D eigenvalue weighted by Gasteiger charge is 2.72. The van der Waals surface area contributed by atoms with Crippen LogP contribution in [0.25, 0.3) is 0 Å². The van der Waals surface area contributed by atoms with Crippen molar-refractivity contribution in [2.45, 2.75) is 64.3 Å². The first kappa shape index (κ1) is 29.8. The molecule has 10 nitrogen and oxygen atoms in total. The highest BCUT2D eigenvalue weighted by Crippen LogP contribution is 2.45. The Morgan fingerprint density at radius 1 is 1.09 bits per heavy atom. The molecule has 0 spiro atoms. The average Bonchev–Trinajstić information content (AvgIpc) is 2.76. The number of halogens is 3. The minimum absolute atomic E-state index is 0.522. The van der Waals surface area contributed by atoms with Crippen LogP contribution in [0.1, 0.15) is 20.8 Å². The van der Waals surface area contributed by atoms with Crippen molar-refractivity contribution in [1.82, 2.24) is 5.32 Å². The number of benzene rings is 1. The van der Waals surface area contributed by atoms with Crippen LogP contribution in [0, 0.1) is 0 Å². The van der Waals surface area contributed by atoms with Gasteiger partial charge in [-0.15, -0.1) is 0 Å². The number of hydrogen-bond donors (Lipinski definition) is 4. The maximum Gasteiger partial charge on any atom is 0.407 e. The summed E-state index contributed by atoms with van der Waals surface area (Å²) < 4.78 is 8.59. The van der Waals surface area contributed by atoms with Crippen molar-refractivity contribution < 1.29 is 44.0 Å². The molecule has 0 bridgehead atoms. The van der Waals surface area contributed by atoms with Gasteiger partial charge in [-0.3, -0.25) is 14.4 Å². The van der Waals surface area contributed by atoms with Gasteiger partial charge >= 0.3 is 6.09 Å². The average molecular weight is 573 g/mol. The van der Waals surface area contributed by atoms with Gasteiger partial charge in [-0.1, -0.05) is 64.8 Å². The van der Waals surface area contributed by atoms with Gasteiger partial charge in [0.05, 0.1) is 0 Å². The lowest BCUT2D eigenvalue weighted by Gasteiger charge is -2.55. The molecule has 2 rings (SSSR count). The number of aliphatic hydroxyl groups excluding tert-OH is 1. The molecule has 1 fully saturated rings. The molecule has 6 atom stereocenters. The maximum atomic E-state index is 12.8. The smallest absolute Gasteiger partial charge is 0.407 e. The van der Waals surface area contributed by atoms with Crippen LogP contribution in [-0.4, -0.2) is 84.0 Å². The number of ether oxygens (including phenoxy) is 2. The Labute approximate surface area is 220 Å². The number of ketones is 3. The minimum Gasteiger partial charge on any atom is -0.445 e. The number of Topliss-reactive ketones (excluding diaryl/α,β-unsaturated/α-hetero) is 3. The lowest BCUT2D eigenvalue weighted by Crippen LogP contribution is -2.83. The monoisotopic (exact) mass is 571 g/mol. The van der Waals surface area contributed by atoms with Crippen molar-refractivity contribution in [1.29, 1.82) is 0 Å². The maximum absolute atomic E-state index is 12.8. The Bertz CT molecular complexity index is 977. The first-order valence-corrected chi connectivity index (χ1v) is 12.1. The molecule has 35 heavy (non-hydrogen) atoms. The van der Waals surface area contributed by atoms with E-state index in [0.29, 0.717) is 4.90 Å². The fraction of sp³-hybridized carbons (Fsp3) is 0.524. The lowest BCUT2D eigenvalue weighted by atomic mass is 9.66. The number of alkyl carbamates (subject to hydrolysis) is 1. The normalized spacial score (nSPS) is 29.7. The van der Waals surface area contributed by atoms with Crippen LogP contribution in [0.4, 0.5) is 4.79 Å². The first-order chi connectivity index (χ1) is 16.1. The Kier molecular flexibility index (Phi) is 9.62. The summed E-state index contributed by atoms with van der Waals surface area (Å²) in [7, 11) is 0. The van der Waals surface area contributed by atoms with E-state index in [9.17, 15) is 34.5 Å². The quantitative estimate of drug-likeness (QED) is 0.337. The molecule has 1 unspecified atom stereocenters. The van der Waals surface area contributed by atoms with E-state index < -0.39 is 68.7 Å². The van der Waals surface area contributed by atoms with E-state index in [0.717, 1.165) is 32.5 Å². The van der Waals surface area contributed by atoms with Crippen LogP contribution in [0.3, 0.4) is 0 Å². The summed E-state index contributed by atoms with van der Waals surface area (Å²) in [6.45, 7) is 1.95. The summed E-state index contributed by atoms with van der Waals surface area (Å²) in [5, 5.41) is 35.8. The summed E-state index contributed by atoms with van der Waals surface area (Å²) in [6.07, 6.45) is -5.45. The highest BCUT2D eigenvalue weighted by atomic mass is 35.6. The van der Waals surface area contributed by atoms with Crippen molar-refractivity contribution in [3.8, 4) is 0 Å². The second kappa shape index (κ2) is 11.3. The van der Waals surface area contributed by atoms with Gasteiger partial charge in [0.25, 0.3) is 0 Å². The zero-order valence-electron chi connectivity index (χ0n) is 18.7. The van der Waals surface area contributed by atoms with Gasteiger partial charge in [-0.2, -0.15) is 0 Å². The third kappa shape index (κ3) is 6.28. The Morgan fingerprint density at radius 3 is 2.09 bits per heavy atom. The largest absolute Gasteiger partial charge is 0.445 e. The van der Waals surface area contributed by atoms with Crippen LogP contribution in [0.5, 0.6) is 0 Å². The van der Waals surface area contributed by atoms with E-state index >= 15 is 0 Å². The minimum atomic E-state index is -3.15. The van der Waals surface area contributed by atoms with Crippen molar-refractivity contribution in [2.24, 2.45) is 0 Å². The molecule has 14 heteroatoms. The van der Waals surface area contributed by atoms with E-state index in [1.54, 1.807) is 30.3 Å². The van der Waals surface area contributed by atoms with E-state index in [1.807, 2.05) is 0 Å². The fourth-order valence-electron chi connectivity index (χ4n) is 3.66. The van der Waals surface area contributed by atoms with E-state index in [1.165, 1.54) is 0 Å². The first-order valence-electron chi connectivity index (χ1n) is 10.1. The molecule has 1 amide bonds. The zero-order valence-corrected chi connectivity index (χ0v) is 21.8. The van der Waals surface area contributed by atoms with Crippen LogP contribution >= 0.6 is 46.6 Å². The molecule has 1 aliphatic rings. The third-order valence-electron chi connectivity index (χ3n) is 5.41. The van der Waals surface area contributed by atoms with Crippen LogP contribution < -0.4 is 5.32 Å². The highest BCUT2D eigenvalue weighted by molar-refractivity contribution is 7.99. The summed E-state index contributed by atoms with van der Waals surface area (Å²) >= 11 is 17.6. The Morgan fingerprint density at radius 2 is 1.63 bits per heavy atom. The number of hydrogen-bond acceptors (Lipinski definition) is 10. The predicted molar refractivity (Wildman–Crippen MR) is 127 cm³/mol. The van der Waals surface area contributed by atoms with Crippen molar-refractivity contribution in [2.75, 3.05) is 6.61 Å². The Hall–Kier alpha value is -1.44. The molecule has 1 saturated heterocycles. The fourth-order valence-corrected chi connectivity index (χ4v) is 4.98. The molecule has 1 aromatic rings. The van der Waals surface area contributed by atoms with Crippen molar-refractivity contribution in [3.05, 3.63) is 30.3 Å². The molecule has 0 radical (unpaired) electrons. The third-order valence-corrected chi connectivity index (χ3v) is 6.90. The number of aliphatic hydroxyl groups is 3. The molecule has 1 aliphatic heterocycles. The number of rotatable bonds is 8. The lowest BCUT2D eigenvalue weighted by molar-refractivity contribution is -0.265. The molecule has 0 aliphatic carbocycles. The van der Waals surface area contributed by atoms with E-state index in [-0.39, 0.29) is 0 Å². The van der Waals surface area contributed by atoms with Gasteiger partial charge in [0.15, 0.2) is 28.6 Å². The molecular formula is C21H24Cl3NO9S. The van der Waals surface area contributed by atoms with Gasteiger partial charge in [-0.05, 0) is 32.9 Å². The molecular weight excluding hydrogens is 549 g/mol. The molecule has 194 valence electrons. The second-order valence-electron chi connectivity index (χ2n) is 7.87. The standard InChI is InChI=1S/C21H24Cl3NO9S/c1-10(26)14(29)16-21(32,12(3)28)20(31,11(2)27)15(25-18(30)33-9-19(22,23)24)17(34-16)35-13-7-5-4-6-8-13/h4-8,14-17,29,31-32H,9H2,1-3H3,(H,25,30)/t14?,15-,16-,17+,20-,21+/m1/s1. The second-order valence-corrected chi connectivity index (χ2v) is 11.6. The number of alkyl halides is 3. The Balaban J connectivity index is 2.64. The van der Waals surface area contributed by atoms with Crippen molar-refractivity contribution >= 4 is 70.0 Å². The predicted octanol–water partition coefficient (Wildman–Crippen LogP) is 1.56. The van der Waals surface area contributed by atoms with Gasteiger partial charge in [0, 0.05) is 4.90 Å². The van der Waals surface area contributed by atoms with Crippen LogP contribution in [0.2, 0.25) is 0 Å². The number of nitrogens with one attached hydrogen (secondary N) is 1. The molecule has 0 saturated carbocycles. The molecule has 0 aromatic heterocycles. The van der Waals surface area contributed by atoms with E-state index in [4.69, 9.17) is 44.3 Å². The van der Waals surface area contributed by atoms with Gasteiger partial charge in [-0.25, -0.2) is 4.79 Å². The SMILES string of the molecule is CC(=O)C(O)[C@H]1O[C@@H](Sc2ccccc2)[C@@H](NC(=O)OCC(Cl)(Cl)Cl)[C@](O)(C(C)=O)[C@]1(O)C(C)=O. The van der Waals surface area contributed by atoms with Crippen LogP contribution in [0.15, 0.2) is 35.2 Å². The molecule has 4 N–H and O–H groups in total.